The van der Waals surface area contributed by atoms with Crippen LogP contribution < -0.4 is 5.32 Å². The van der Waals surface area contributed by atoms with E-state index in [0.717, 1.165) is 19.6 Å². The minimum absolute atomic E-state index is 0.299. The van der Waals surface area contributed by atoms with Gasteiger partial charge in [0.25, 0.3) is 0 Å². The molecule has 0 saturated carbocycles. The van der Waals surface area contributed by atoms with Crippen molar-refractivity contribution in [1.29, 1.82) is 0 Å². The lowest BCUT2D eigenvalue weighted by atomic mass is 10.4. The van der Waals surface area contributed by atoms with Gasteiger partial charge in [0.05, 0.1) is 0 Å². The van der Waals surface area contributed by atoms with Crippen molar-refractivity contribution in [2.45, 2.75) is 26.9 Å². The summed E-state index contributed by atoms with van der Waals surface area (Å²) in [4.78, 5) is 13.1. The molecule has 0 aliphatic rings. The summed E-state index contributed by atoms with van der Waals surface area (Å²) in [5.74, 6) is -0.299. The molecule has 0 saturated heterocycles. The van der Waals surface area contributed by atoms with Crippen LogP contribution >= 0.6 is 0 Å². The van der Waals surface area contributed by atoms with Gasteiger partial charge in [-0.15, -0.1) is 0 Å². The molecular weight excluding hydrogens is 168 g/mol. The zero-order valence-electron chi connectivity index (χ0n) is 8.71. The second-order valence-electron chi connectivity index (χ2n) is 2.99. The summed E-state index contributed by atoms with van der Waals surface area (Å²) in [6, 6.07) is 0. The van der Waals surface area contributed by atoms with Crippen LogP contribution in [0.3, 0.4) is 0 Å². The fourth-order valence-electron chi connectivity index (χ4n) is 1.02. The number of nitrogens with zero attached hydrogens (tertiary/aromatic N) is 1. The minimum Gasteiger partial charge on any atom is -0.384 e. The highest BCUT2D eigenvalue weighted by molar-refractivity contribution is 5.79. The Bertz CT molecular complexity index is 145. The Morgan fingerprint density at radius 1 is 1.46 bits per heavy atom. The lowest BCUT2D eigenvalue weighted by Gasteiger charge is -2.18. The second-order valence-corrected chi connectivity index (χ2v) is 2.99. The molecule has 1 atom stereocenters. The van der Waals surface area contributed by atoms with E-state index in [1.165, 1.54) is 6.92 Å². The van der Waals surface area contributed by atoms with Crippen LogP contribution in [0.2, 0.25) is 0 Å². The smallest absolute Gasteiger partial charge is 0.248 e. The van der Waals surface area contributed by atoms with Gasteiger partial charge in [0.1, 0.15) is 6.10 Å². The van der Waals surface area contributed by atoms with Crippen LogP contribution in [0.25, 0.3) is 0 Å². The molecule has 78 valence electrons. The molecule has 0 fully saturated rings. The third-order valence-corrected chi connectivity index (χ3v) is 2.00. The summed E-state index contributed by atoms with van der Waals surface area (Å²) in [5.41, 5.74) is 0. The highest BCUT2D eigenvalue weighted by Gasteiger charge is 2.07. The maximum Gasteiger partial charge on any atom is 0.248 e. The molecule has 1 amide bonds. The molecule has 0 heterocycles. The standard InChI is InChI=1S/C9H20N2O2/c1-4-11(5-2)7-6-10-9(13)8(3)12/h8,12H,4-7H2,1-3H3,(H,10,13). The van der Waals surface area contributed by atoms with Crippen molar-refractivity contribution in [3.63, 3.8) is 0 Å². The number of amides is 1. The van der Waals surface area contributed by atoms with Gasteiger partial charge >= 0.3 is 0 Å². The van der Waals surface area contributed by atoms with Crippen molar-refractivity contribution in [1.82, 2.24) is 10.2 Å². The number of carbonyl (C=O) groups excluding carboxylic acids is 1. The second kappa shape index (κ2) is 6.86. The van der Waals surface area contributed by atoms with Gasteiger partial charge < -0.3 is 15.3 Å². The van der Waals surface area contributed by atoms with Crippen LogP contribution in [0.1, 0.15) is 20.8 Å². The number of nitrogens with one attached hydrogen (secondary N) is 1. The van der Waals surface area contributed by atoms with Gasteiger partial charge in [-0.25, -0.2) is 0 Å². The third-order valence-electron chi connectivity index (χ3n) is 2.00. The summed E-state index contributed by atoms with van der Waals surface area (Å²) < 4.78 is 0. The number of hydrogen-bond acceptors (Lipinski definition) is 3. The van der Waals surface area contributed by atoms with E-state index in [2.05, 4.69) is 24.1 Å². The summed E-state index contributed by atoms with van der Waals surface area (Å²) in [5, 5.41) is 11.5. The van der Waals surface area contributed by atoms with Crippen LogP contribution in [-0.4, -0.2) is 48.2 Å². The Morgan fingerprint density at radius 3 is 2.38 bits per heavy atom. The van der Waals surface area contributed by atoms with Gasteiger partial charge in [0, 0.05) is 13.1 Å². The van der Waals surface area contributed by atoms with Crippen molar-refractivity contribution in [3.8, 4) is 0 Å². The maximum atomic E-state index is 10.9. The molecule has 1 unspecified atom stereocenters. The molecule has 0 aliphatic heterocycles. The Morgan fingerprint density at radius 2 is 2.00 bits per heavy atom. The molecule has 4 nitrogen and oxygen atoms in total. The first kappa shape index (κ1) is 12.4. The van der Waals surface area contributed by atoms with Gasteiger partial charge in [-0.05, 0) is 20.0 Å². The molecule has 0 spiro atoms. The van der Waals surface area contributed by atoms with E-state index in [0.29, 0.717) is 6.54 Å². The zero-order valence-corrected chi connectivity index (χ0v) is 8.71. The largest absolute Gasteiger partial charge is 0.384 e. The maximum absolute atomic E-state index is 10.9. The number of carbonyl (C=O) groups is 1. The lowest BCUT2D eigenvalue weighted by molar-refractivity contribution is -0.128. The Balaban J connectivity index is 3.49. The van der Waals surface area contributed by atoms with E-state index in [4.69, 9.17) is 5.11 Å². The van der Waals surface area contributed by atoms with Crippen LogP contribution in [0.4, 0.5) is 0 Å². The van der Waals surface area contributed by atoms with Gasteiger partial charge in [0.2, 0.25) is 5.91 Å². The van der Waals surface area contributed by atoms with Crippen molar-refractivity contribution in [2.75, 3.05) is 26.2 Å². The molecule has 2 N–H and O–H groups in total. The van der Waals surface area contributed by atoms with E-state index >= 15 is 0 Å². The van der Waals surface area contributed by atoms with Crippen molar-refractivity contribution in [3.05, 3.63) is 0 Å². The van der Waals surface area contributed by atoms with Crippen LogP contribution in [0.15, 0.2) is 0 Å². The quantitative estimate of drug-likeness (QED) is 0.608. The Kier molecular flexibility index (Phi) is 6.54. The number of aliphatic hydroxyl groups excluding tert-OH is 1. The van der Waals surface area contributed by atoms with E-state index in [9.17, 15) is 4.79 Å². The van der Waals surface area contributed by atoms with Gasteiger partial charge in [-0.2, -0.15) is 0 Å². The average molecular weight is 188 g/mol. The van der Waals surface area contributed by atoms with Crippen LogP contribution in [0.5, 0.6) is 0 Å². The molecule has 0 rings (SSSR count). The monoisotopic (exact) mass is 188 g/mol. The SMILES string of the molecule is CCN(CC)CCNC(=O)C(C)O. The molecule has 0 aromatic carbocycles. The van der Waals surface area contributed by atoms with Gasteiger partial charge in [-0.3, -0.25) is 4.79 Å². The van der Waals surface area contributed by atoms with Gasteiger partial charge in [-0.1, -0.05) is 13.8 Å². The van der Waals surface area contributed by atoms with Crippen molar-refractivity contribution in [2.24, 2.45) is 0 Å². The lowest BCUT2D eigenvalue weighted by Crippen LogP contribution is -2.38. The van der Waals surface area contributed by atoms with Gasteiger partial charge in [0.15, 0.2) is 0 Å². The van der Waals surface area contributed by atoms with E-state index in [1.54, 1.807) is 0 Å². The molecular formula is C9H20N2O2. The first-order valence-corrected chi connectivity index (χ1v) is 4.79. The fourth-order valence-corrected chi connectivity index (χ4v) is 1.02. The third kappa shape index (κ3) is 5.60. The first-order valence-electron chi connectivity index (χ1n) is 4.79. The predicted octanol–water partition coefficient (Wildman–Crippen LogP) is -0.175. The van der Waals surface area contributed by atoms with Crippen molar-refractivity contribution < 1.29 is 9.90 Å². The average Bonchev–Trinajstić information content (AvgIpc) is 2.12. The van der Waals surface area contributed by atoms with E-state index < -0.39 is 6.10 Å². The molecule has 0 aromatic heterocycles. The van der Waals surface area contributed by atoms with E-state index in [1.807, 2.05) is 0 Å². The number of hydrogen-bond donors (Lipinski definition) is 2. The minimum atomic E-state index is -0.906. The zero-order chi connectivity index (χ0) is 10.3. The topological polar surface area (TPSA) is 52.6 Å². The summed E-state index contributed by atoms with van der Waals surface area (Å²) >= 11 is 0. The Labute approximate surface area is 79.9 Å². The van der Waals surface area contributed by atoms with E-state index in [-0.39, 0.29) is 5.91 Å². The summed E-state index contributed by atoms with van der Waals surface area (Å²) in [7, 11) is 0. The molecule has 4 heteroatoms. The summed E-state index contributed by atoms with van der Waals surface area (Å²) in [6.07, 6.45) is -0.906. The fraction of sp³-hybridized carbons (Fsp3) is 0.889. The highest BCUT2D eigenvalue weighted by Crippen LogP contribution is 1.85. The molecule has 0 radical (unpaired) electrons. The number of likely N-dealkylation sites (N-methyl/N-ethyl adjacent to an activating group) is 1. The number of aliphatic hydroxyl groups is 1. The number of rotatable bonds is 6. The normalized spacial score (nSPS) is 13.0. The summed E-state index contributed by atoms with van der Waals surface area (Å²) in [6.45, 7) is 9.05. The predicted molar refractivity (Wildman–Crippen MR) is 52.5 cm³/mol. The molecule has 0 bridgehead atoms. The first-order chi connectivity index (χ1) is 6.11. The highest BCUT2D eigenvalue weighted by atomic mass is 16.3. The molecule has 13 heavy (non-hydrogen) atoms. The van der Waals surface area contributed by atoms with Crippen LogP contribution in [-0.2, 0) is 4.79 Å². The van der Waals surface area contributed by atoms with Crippen molar-refractivity contribution >= 4 is 5.91 Å². The molecule has 0 aromatic rings. The Hall–Kier alpha value is -0.610. The van der Waals surface area contributed by atoms with Crippen LogP contribution in [0, 0.1) is 0 Å². The molecule has 0 aliphatic carbocycles.